The summed E-state index contributed by atoms with van der Waals surface area (Å²) in [5.41, 5.74) is 5.18. The van der Waals surface area contributed by atoms with Crippen LogP contribution in [0.5, 0.6) is 0 Å². The summed E-state index contributed by atoms with van der Waals surface area (Å²) in [6.07, 6.45) is 6.20. The van der Waals surface area contributed by atoms with Crippen LogP contribution >= 0.6 is 11.6 Å². The summed E-state index contributed by atoms with van der Waals surface area (Å²) in [5.74, 6) is -0.123. The Hall–Kier alpha value is -3.11. The molecule has 3 aromatic rings. The fraction of sp³-hybridized carbons (Fsp3) is 0.375. The molecule has 1 N–H and O–H groups in total. The average molecular weight is 517 g/mol. The highest BCUT2D eigenvalue weighted by atomic mass is 35.5. The molecule has 1 fully saturated rings. The van der Waals surface area contributed by atoms with Crippen LogP contribution in [0.4, 0.5) is 0 Å². The summed E-state index contributed by atoms with van der Waals surface area (Å²) in [7, 11) is 0. The van der Waals surface area contributed by atoms with E-state index in [1.807, 2.05) is 68.4 Å². The van der Waals surface area contributed by atoms with Gasteiger partial charge in [0.25, 0.3) is 0 Å². The van der Waals surface area contributed by atoms with Gasteiger partial charge < -0.3 is 10.2 Å². The third-order valence-electron chi connectivity index (χ3n) is 7.34. The molecule has 0 bridgehead atoms. The number of benzene rings is 3. The Morgan fingerprint density at radius 3 is 2.32 bits per heavy atom. The summed E-state index contributed by atoms with van der Waals surface area (Å²) in [6, 6.07) is 23.2. The first-order valence-electron chi connectivity index (χ1n) is 13.3. The number of carbonyl (C=O) groups is 2. The molecule has 0 radical (unpaired) electrons. The van der Waals surface area contributed by atoms with Crippen molar-refractivity contribution in [2.24, 2.45) is 0 Å². The SMILES string of the molecule is Cc1ccc(C)c(CC(=O)N(Cc2ccc(Cl)cc2)[C@@H](Cc2ccccc2)C(=O)NC2CCCCC2)c1. The number of halogens is 1. The van der Waals surface area contributed by atoms with Crippen molar-refractivity contribution >= 4 is 23.4 Å². The quantitative estimate of drug-likeness (QED) is 0.349. The second-order valence-corrected chi connectivity index (χ2v) is 10.7. The molecule has 37 heavy (non-hydrogen) atoms. The van der Waals surface area contributed by atoms with Crippen LogP contribution in [-0.4, -0.2) is 28.8 Å². The van der Waals surface area contributed by atoms with Crippen LogP contribution in [0.25, 0.3) is 0 Å². The maximum Gasteiger partial charge on any atom is 0.243 e. The molecule has 2 amide bonds. The number of hydrogen-bond acceptors (Lipinski definition) is 2. The minimum atomic E-state index is -0.613. The fourth-order valence-corrected chi connectivity index (χ4v) is 5.27. The lowest BCUT2D eigenvalue weighted by atomic mass is 9.94. The number of amides is 2. The summed E-state index contributed by atoms with van der Waals surface area (Å²) in [6.45, 7) is 4.41. The van der Waals surface area contributed by atoms with E-state index in [1.165, 1.54) is 6.42 Å². The Morgan fingerprint density at radius 2 is 1.62 bits per heavy atom. The van der Waals surface area contributed by atoms with E-state index in [1.54, 1.807) is 4.90 Å². The van der Waals surface area contributed by atoms with Crippen LogP contribution in [0, 0.1) is 13.8 Å². The number of rotatable bonds is 9. The second-order valence-electron chi connectivity index (χ2n) is 10.3. The molecule has 0 saturated heterocycles. The van der Waals surface area contributed by atoms with Gasteiger partial charge in [-0.25, -0.2) is 0 Å². The van der Waals surface area contributed by atoms with Crippen molar-refractivity contribution in [2.75, 3.05) is 0 Å². The Balaban J connectivity index is 1.67. The van der Waals surface area contributed by atoms with Crippen molar-refractivity contribution in [1.29, 1.82) is 0 Å². The Bertz CT molecular complexity index is 1190. The summed E-state index contributed by atoms with van der Waals surface area (Å²) in [4.78, 5) is 29.6. The van der Waals surface area contributed by atoms with Gasteiger partial charge in [-0.2, -0.15) is 0 Å². The first-order valence-corrected chi connectivity index (χ1v) is 13.7. The topological polar surface area (TPSA) is 49.4 Å². The minimum Gasteiger partial charge on any atom is -0.352 e. The number of nitrogens with one attached hydrogen (secondary N) is 1. The van der Waals surface area contributed by atoms with E-state index in [4.69, 9.17) is 11.6 Å². The maximum atomic E-state index is 14.0. The monoisotopic (exact) mass is 516 g/mol. The molecular formula is C32H37ClN2O2. The predicted molar refractivity (Wildman–Crippen MR) is 151 cm³/mol. The zero-order valence-corrected chi connectivity index (χ0v) is 22.6. The third-order valence-corrected chi connectivity index (χ3v) is 7.59. The smallest absolute Gasteiger partial charge is 0.243 e. The van der Waals surface area contributed by atoms with Crippen LogP contribution in [0.3, 0.4) is 0 Å². The fourth-order valence-electron chi connectivity index (χ4n) is 5.14. The zero-order valence-electron chi connectivity index (χ0n) is 21.9. The van der Waals surface area contributed by atoms with Crippen molar-refractivity contribution < 1.29 is 9.59 Å². The Labute approximate surface area is 226 Å². The Kier molecular flexibility index (Phi) is 9.40. The van der Waals surface area contributed by atoms with Gasteiger partial charge in [-0.1, -0.05) is 97.1 Å². The van der Waals surface area contributed by atoms with Gasteiger partial charge in [-0.05, 0) is 61.1 Å². The van der Waals surface area contributed by atoms with Gasteiger partial charge in [0.1, 0.15) is 6.04 Å². The first-order chi connectivity index (χ1) is 17.9. The van der Waals surface area contributed by atoms with Crippen molar-refractivity contribution in [1.82, 2.24) is 10.2 Å². The first kappa shape index (κ1) is 26.9. The molecule has 1 aliphatic carbocycles. The lowest BCUT2D eigenvalue weighted by molar-refractivity contribution is -0.141. The highest BCUT2D eigenvalue weighted by Crippen LogP contribution is 2.22. The maximum absolute atomic E-state index is 14.0. The van der Waals surface area contributed by atoms with E-state index >= 15 is 0 Å². The molecule has 1 atom stereocenters. The van der Waals surface area contributed by atoms with Gasteiger partial charge in [0.2, 0.25) is 11.8 Å². The van der Waals surface area contributed by atoms with E-state index in [-0.39, 0.29) is 24.3 Å². The normalized spacial score (nSPS) is 14.7. The van der Waals surface area contributed by atoms with E-state index in [0.717, 1.165) is 53.5 Å². The van der Waals surface area contributed by atoms with Gasteiger partial charge in [-0.15, -0.1) is 0 Å². The van der Waals surface area contributed by atoms with Gasteiger partial charge in [0.05, 0.1) is 6.42 Å². The second kappa shape index (κ2) is 12.9. The van der Waals surface area contributed by atoms with Gasteiger partial charge in [0.15, 0.2) is 0 Å². The third kappa shape index (κ3) is 7.69. The van der Waals surface area contributed by atoms with Crippen molar-refractivity contribution in [3.05, 3.63) is 106 Å². The molecule has 0 heterocycles. The van der Waals surface area contributed by atoms with Gasteiger partial charge in [0, 0.05) is 24.0 Å². The molecule has 0 aromatic heterocycles. The standard InChI is InChI=1S/C32H37ClN2O2/c1-23-13-14-24(2)27(19-23)21-31(36)35(22-26-15-17-28(33)18-16-26)30(20-25-9-5-3-6-10-25)32(37)34-29-11-7-4-8-12-29/h3,5-6,9-10,13-19,29-30H,4,7-8,11-12,20-22H2,1-2H3,(H,34,37)/t30-/m0/s1. The van der Waals surface area contributed by atoms with Crippen molar-refractivity contribution in [2.45, 2.75) is 77.4 Å². The van der Waals surface area contributed by atoms with E-state index in [2.05, 4.69) is 23.5 Å². The van der Waals surface area contributed by atoms with Gasteiger partial charge >= 0.3 is 0 Å². The highest BCUT2D eigenvalue weighted by Gasteiger charge is 2.32. The summed E-state index contributed by atoms with van der Waals surface area (Å²) >= 11 is 6.13. The molecule has 5 heteroatoms. The van der Waals surface area contributed by atoms with Crippen LogP contribution in [0.1, 0.15) is 59.9 Å². The van der Waals surface area contributed by atoms with Crippen molar-refractivity contribution in [3.8, 4) is 0 Å². The van der Waals surface area contributed by atoms with E-state index < -0.39 is 6.04 Å². The molecule has 4 rings (SSSR count). The van der Waals surface area contributed by atoms with Crippen LogP contribution in [-0.2, 0) is 29.0 Å². The molecule has 1 aliphatic rings. The van der Waals surface area contributed by atoms with E-state index in [0.29, 0.717) is 18.0 Å². The summed E-state index contributed by atoms with van der Waals surface area (Å²) in [5, 5.41) is 3.95. The molecule has 0 aliphatic heterocycles. The number of nitrogens with zero attached hydrogens (tertiary/aromatic N) is 1. The number of hydrogen-bond donors (Lipinski definition) is 1. The minimum absolute atomic E-state index is 0.0524. The lowest BCUT2D eigenvalue weighted by Gasteiger charge is -2.33. The number of aryl methyl sites for hydroxylation is 2. The van der Waals surface area contributed by atoms with Crippen LogP contribution < -0.4 is 5.32 Å². The predicted octanol–water partition coefficient (Wildman–Crippen LogP) is 6.59. The van der Waals surface area contributed by atoms with Crippen LogP contribution in [0.2, 0.25) is 5.02 Å². The Morgan fingerprint density at radius 1 is 0.919 bits per heavy atom. The summed E-state index contributed by atoms with van der Waals surface area (Å²) < 4.78 is 0. The highest BCUT2D eigenvalue weighted by molar-refractivity contribution is 6.30. The molecule has 1 saturated carbocycles. The van der Waals surface area contributed by atoms with E-state index in [9.17, 15) is 9.59 Å². The largest absolute Gasteiger partial charge is 0.352 e. The zero-order chi connectivity index (χ0) is 26.2. The van der Waals surface area contributed by atoms with Crippen LogP contribution in [0.15, 0.2) is 72.8 Å². The van der Waals surface area contributed by atoms with Gasteiger partial charge in [-0.3, -0.25) is 9.59 Å². The number of carbonyl (C=O) groups excluding carboxylic acids is 2. The molecule has 0 unspecified atom stereocenters. The molecule has 194 valence electrons. The lowest BCUT2D eigenvalue weighted by Crippen LogP contribution is -2.53. The molecular weight excluding hydrogens is 480 g/mol. The molecule has 4 nitrogen and oxygen atoms in total. The van der Waals surface area contributed by atoms with Crippen molar-refractivity contribution in [3.63, 3.8) is 0 Å². The average Bonchev–Trinajstić information content (AvgIpc) is 2.90. The molecule has 3 aromatic carbocycles. The molecule has 0 spiro atoms.